The largest absolute Gasteiger partial charge is 0.387 e. The van der Waals surface area contributed by atoms with Crippen molar-refractivity contribution in [2.75, 3.05) is 4.57 Å². The lowest BCUT2D eigenvalue weighted by Gasteiger charge is -2.44. The van der Waals surface area contributed by atoms with Gasteiger partial charge in [-0.1, -0.05) is 78.9 Å². The van der Waals surface area contributed by atoms with E-state index in [0.717, 1.165) is 0 Å². The Kier molecular flexibility index (Phi) is 4.86. The van der Waals surface area contributed by atoms with Gasteiger partial charge in [-0.15, -0.1) is 0 Å². The highest BCUT2D eigenvalue weighted by molar-refractivity contribution is 6.92. The number of para-hydroxylation sites is 1. The molecule has 3 rings (SSSR count). The zero-order chi connectivity index (χ0) is 17.0. The van der Waals surface area contributed by atoms with Gasteiger partial charge in [0.05, 0.1) is 0 Å². The summed E-state index contributed by atoms with van der Waals surface area (Å²) in [7, 11) is -1.86. The van der Waals surface area contributed by atoms with E-state index >= 15 is 0 Å². The summed E-state index contributed by atoms with van der Waals surface area (Å²) in [4.78, 5) is 0. The molecule has 0 heterocycles. The molecule has 0 radical (unpaired) electrons. The lowest BCUT2D eigenvalue weighted by Crippen LogP contribution is -2.59. The third-order valence-electron chi connectivity index (χ3n) is 4.79. The van der Waals surface area contributed by atoms with E-state index in [0.29, 0.717) is 6.04 Å². The van der Waals surface area contributed by atoms with Crippen LogP contribution in [0, 0.1) is 0 Å². The van der Waals surface area contributed by atoms with Gasteiger partial charge >= 0.3 is 0 Å². The summed E-state index contributed by atoms with van der Waals surface area (Å²) >= 11 is 0. The van der Waals surface area contributed by atoms with Crippen LogP contribution in [-0.2, 0) is 0 Å². The average Bonchev–Trinajstić information content (AvgIpc) is 2.64. The van der Waals surface area contributed by atoms with Gasteiger partial charge in [0.15, 0.2) is 8.24 Å². The highest BCUT2D eigenvalue weighted by Crippen LogP contribution is 2.32. The Hall–Kier alpha value is -2.32. The molecule has 1 atom stereocenters. The number of anilines is 1. The van der Waals surface area contributed by atoms with Crippen LogP contribution in [0.15, 0.2) is 91.0 Å². The van der Waals surface area contributed by atoms with E-state index in [2.05, 4.69) is 116 Å². The fourth-order valence-electron chi connectivity index (χ4n) is 3.48. The second kappa shape index (κ2) is 7.06. The van der Waals surface area contributed by atoms with E-state index in [4.69, 9.17) is 0 Å². The van der Waals surface area contributed by atoms with E-state index in [-0.39, 0.29) is 0 Å². The van der Waals surface area contributed by atoms with Crippen molar-refractivity contribution in [1.29, 1.82) is 0 Å². The molecule has 1 unspecified atom stereocenters. The van der Waals surface area contributed by atoms with Crippen LogP contribution in [0.3, 0.4) is 0 Å². The fraction of sp³-hybridized carbons (Fsp3) is 0.182. The standard InChI is InChI=1S/C22H25NSi/c1-19(20-13-7-4-8-14-20)23(21-15-9-5-10-16-21)24(2,3)22-17-11-6-12-18-22/h4-19H,1-3H3. The van der Waals surface area contributed by atoms with Crippen molar-refractivity contribution in [3.8, 4) is 0 Å². The molecule has 0 bridgehead atoms. The minimum atomic E-state index is -1.86. The minimum Gasteiger partial charge on any atom is -0.387 e. The van der Waals surface area contributed by atoms with Crippen LogP contribution < -0.4 is 9.75 Å². The first-order valence-electron chi connectivity index (χ1n) is 8.55. The molecule has 1 nitrogen and oxygen atoms in total. The number of benzene rings is 3. The average molecular weight is 332 g/mol. The van der Waals surface area contributed by atoms with Crippen molar-refractivity contribution in [3.63, 3.8) is 0 Å². The van der Waals surface area contributed by atoms with Crippen LogP contribution in [-0.4, -0.2) is 8.24 Å². The van der Waals surface area contributed by atoms with Gasteiger partial charge < -0.3 is 4.57 Å². The van der Waals surface area contributed by atoms with Crippen molar-refractivity contribution < 1.29 is 0 Å². The van der Waals surface area contributed by atoms with Gasteiger partial charge in [-0.3, -0.25) is 0 Å². The molecule has 3 aromatic carbocycles. The number of rotatable bonds is 5. The van der Waals surface area contributed by atoms with Gasteiger partial charge in [-0.25, -0.2) is 0 Å². The first-order chi connectivity index (χ1) is 11.6. The van der Waals surface area contributed by atoms with Gasteiger partial charge in [0.2, 0.25) is 0 Å². The van der Waals surface area contributed by atoms with E-state index in [1.165, 1.54) is 16.4 Å². The molecule has 0 aromatic heterocycles. The summed E-state index contributed by atoms with van der Waals surface area (Å²) in [6.45, 7) is 7.20. The topological polar surface area (TPSA) is 3.24 Å². The van der Waals surface area contributed by atoms with Crippen LogP contribution in [0.25, 0.3) is 0 Å². The summed E-state index contributed by atoms with van der Waals surface area (Å²) in [6, 6.07) is 32.9. The first-order valence-corrected chi connectivity index (χ1v) is 11.5. The smallest absolute Gasteiger partial charge is 0.182 e. The Morgan fingerprint density at radius 1 is 0.667 bits per heavy atom. The third-order valence-corrected chi connectivity index (χ3v) is 8.38. The van der Waals surface area contributed by atoms with Crippen molar-refractivity contribution in [2.45, 2.75) is 26.1 Å². The Labute approximate surface area is 146 Å². The fourth-order valence-corrected chi connectivity index (χ4v) is 6.68. The molecule has 0 saturated carbocycles. The highest BCUT2D eigenvalue weighted by atomic mass is 28.3. The molecule has 3 aromatic rings. The number of hydrogen-bond donors (Lipinski definition) is 0. The van der Waals surface area contributed by atoms with Crippen molar-refractivity contribution in [1.82, 2.24) is 0 Å². The molecule has 0 aliphatic carbocycles. The summed E-state index contributed by atoms with van der Waals surface area (Å²) < 4.78 is 2.65. The third kappa shape index (κ3) is 3.29. The summed E-state index contributed by atoms with van der Waals surface area (Å²) in [6.07, 6.45) is 0. The van der Waals surface area contributed by atoms with Gasteiger partial charge in [-0.2, -0.15) is 0 Å². The summed E-state index contributed by atoms with van der Waals surface area (Å²) in [5.41, 5.74) is 2.66. The summed E-state index contributed by atoms with van der Waals surface area (Å²) in [5.74, 6) is 0. The lowest BCUT2D eigenvalue weighted by molar-refractivity contribution is 0.795. The zero-order valence-electron chi connectivity index (χ0n) is 14.7. The Balaban J connectivity index is 2.09. The molecule has 0 aliphatic rings. The highest BCUT2D eigenvalue weighted by Gasteiger charge is 2.35. The molecular formula is C22H25NSi. The van der Waals surface area contributed by atoms with Gasteiger partial charge in [0.25, 0.3) is 0 Å². The molecular weight excluding hydrogens is 306 g/mol. The van der Waals surface area contributed by atoms with Crippen molar-refractivity contribution >= 4 is 19.1 Å². The van der Waals surface area contributed by atoms with Crippen molar-refractivity contribution in [2.24, 2.45) is 0 Å². The Morgan fingerprint density at radius 3 is 1.67 bits per heavy atom. The second-order valence-electron chi connectivity index (χ2n) is 6.72. The number of hydrogen-bond acceptors (Lipinski definition) is 1. The molecule has 2 heteroatoms. The zero-order valence-corrected chi connectivity index (χ0v) is 15.7. The van der Waals surface area contributed by atoms with Gasteiger partial charge in [0.1, 0.15) is 0 Å². The van der Waals surface area contributed by atoms with Crippen molar-refractivity contribution in [3.05, 3.63) is 96.6 Å². The lowest BCUT2D eigenvalue weighted by atomic mass is 10.1. The molecule has 0 N–H and O–H groups in total. The normalized spacial score (nSPS) is 12.6. The first kappa shape index (κ1) is 16.5. The molecule has 0 saturated heterocycles. The van der Waals surface area contributed by atoms with Crippen LogP contribution in [0.2, 0.25) is 13.1 Å². The maximum atomic E-state index is 2.65. The number of nitrogens with zero attached hydrogens (tertiary/aromatic N) is 1. The Morgan fingerprint density at radius 2 is 1.12 bits per heavy atom. The molecule has 0 aliphatic heterocycles. The van der Waals surface area contributed by atoms with E-state index in [1.54, 1.807) is 0 Å². The van der Waals surface area contributed by atoms with Crippen LogP contribution >= 0.6 is 0 Å². The van der Waals surface area contributed by atoms with Crippen LogP contribution in [0.1, 0.15) is 18.5 Å². The molecule has 0 amide bonds. The van der Waals surface area contributed by atoms with Crippen LogP contribution in [0.4, 0.5) is 5.69 Å². The van der Waals surface area contributed by atoms with Gasteiger partial charge in [0, 0.05) is 11.7 Å². The quantitative estimate of drug-likeness (QED) is 0.568. The molecule has 122 valence electrons. The maximum absolute atomic E-state index is 2.65. The van der Waals surface area contributed by atoms with E-state index in [9.17, 15) is 0 Å². The van der Waals surface area contributed by atoms with E-state index < -0.39 is 8.24 Å². The maximum Gasteiger partial charge on any atom is 0.182 e. The molecule has 0 fully saturated rings. The monoisotopic (exact) mass is 331 g/mol. The van der Waals surface area contributed by atoms with E-state index in [1.807, 2.05) is 0 Å². The predicted octanol–water partition coefficient (Wildman–Crippen LogP) is 5.37. The predicted molar refractivity (Wildman–Crippen MR) is 107 cm³/mol. The molecule has 0 spiro atoms. The Bertz CT molecular complexity index is 754. The molecule has 24 heavy (non-hydrogen) atoms. The van der Waals surface area contributed by atoms with Crippen LogP contribution in [0.5, 0.6) is 0 Å². The minimum absolute atomic E-state index is 0.329. The SMILES string of the molecule is CC(c1ccccc1)N(c1ccccc1)[Si](C)(C)c1ccccc1. The summed E-state index contributed by atoms with van der Waals surface area (Å²) in [5, 5.41) is 1.46. The van der Waals surface area contributed by atoms with Gasteiger partial charge in [-0.05, 0) is 42.9 Å². The second-order valence-corrected chi connectivity index (χ2v) is 10.9.